The summed E-state index contributed by atoms with van der Waals surface area (Å²) in [4.78, 5) is 0. The van der Waals surface area contributed by atoms with Crippen molar-refractivity contribution in [2.75, 3.05) is 0 Å². The second kappa shape index (κ2) is 4.74. The van der Waals surface area contributed by atoms with Crippen LogP contribution in [0.25, 0.3) is 11.6 Å². The third-order valence-electron chi connectivity index (χ3n) is 2.38. The quantitative estimate of drug-likeness (QED) is 0.771. The van der Waals surface area contributed by atoms with Gasteiger partial charge in [-0.3, -0.25) is 0 Å². The molecule has 0 amide bonds. The Hall–Kier alpha value is -2.22. The Morgan fingerprint density at radius 1 is 0.941 bits per heavy atom. The van der Waals surface area contributed by atoms with Gasteiger partial charge in [0.25, 0.3) is 0 Å². The molecule has 0 radical (unpaired) electrons. The molecule has 2 rings (SSSR count). The van der Waals surface area contributed by atoms with Crippen LogP contribution in [0.3, 0.4) is 0 Å². The lowest BCUT2D eigenvalue weighted by molar-refractivity contribution is 0.474. The third kappa shape index (κ3) is 2.88. The van der Waals surface area contributed by atoms with Crippen molar-refractivity contribution >= 4 is 11.6 Å². The van der Waals surface area contributed by atoms with Crippen LogP contribution in [0.2, 0.25) is 0 Å². The Balaban J connectivity index is 2.48. The first-order chi connectivity index (χ1) is 9.36. The van der Waals surface area contributed by atoms with Gasteiger partial charge in [0.05, 0.1) is 0 Å². The Morgan fingerprint density at radius 3 is 2.00 bits per heavy atom. The van der Waals surface area contributed by atoms with E-state index in [4.69, 9.17) is 4.11 Å². The minimum Gasteiger partial charge on any atom is -0.508 e. The lowest BCUT2D eigenvalue weighted by Crippen LogP contribution is -1.79. The number of benzene rings is 2. The molecule has 0 heterocycles. The Morgan fingerprint density at radius 2 is 1.47 bits per heavy atom. The fourth-order valence-corrected chi connectivity index (χ4v) is 1.46. The maximum Gasteiger partial charge on any atom is 0.115 e. The van der Waals surface area contributed by atoms with Crippen LogP contribution in [0.4, 0.5) is 0 Å². The van der Waals surface area contributed by atoms with Gasteiger partial charge in [-0.1, -0.05) is 30.3 Å². The smallest absolute Gasteiger partial charge is 0.115 e. The van der Waals surface area contributed by atoms with E-state index in [0.717, 1.165) is 0 Å². The summed E-state index contributed by atoms with van der Waals surface area (Å²) in [5.74, 6) is 0.213. The van der Waals surface area contributed by atoms with Crippen LogP contribution in [0.15, 0.2) is 48.5 Å². The average molecular weight is 229 g/mol. The van der Waals surface area contributed by atoms with Crippen LogP contribution < -0.4 is 0 Å². The molecule has 0 aromatic heterocycles. The van der Waals surface area contributed by atoms with Crippen molar-refractivity contribution in [3.63, 3.8) is 0 Å². The van der Waals surface area contributed by atoms with Gasteiger partial charge >= 0.3 is 0 Å². The van der Waals surface area contributed by atoms with E-state index in [2.05, 4.69) is 0 Å². The average Bonchev–Trinajstić information content (AvgIpc) is 2.38. The molecule has 0 spiro atoms. The van der Waals surface area contributed by atoms with E-state index in [-0.39, 0.29) is 17.1 Å². The van der Waals surface area contributed by atoms with Crippen molar-refractivity contribution in [2.45, 2.75) is 6.85 Å². The number of hydrogen-bond donors (Lipinski definition) is 2. The molecule has 2 nitrogen and oxygen atoms in total. The fraction of sp³-hybridized carbons (Fsp3) is 0.0667. The SMILES string of the molecule is [2H]C([2H])([2H])/C(=C\c1ccc(O)cc1)c1ccc(O)cc1. The number of hydrogen-bond acceptors (Lipinski definition) is 2. The van der Waals surface area contributed by atoms with E-state index < -0.39 is 6.85 Å². The Kier molecular flexibility index (Phi) is 2.22. The molecule has 2 N–H and O–H groups in total. The highest BCUT2D eigenvalue weighted by Gasteiger charge is 1.97. The van der Waals surface area contributed by atoms with Gasteiger partial charge in [0.2, 0.25) is 0 Å². The minimum absolute atomic E-state index is 0.0864. The van der Waals surface area contributed by atoms with E-state index in [9.17, 15) is 10.2 Å². The molecule has 0 aliphatic heterocycles. The van der Waals surface area contributed by atoms with Crippen LogP contribution >= 0.6 is 0 Å². The fourth-order valence-electron chi connectivity index (χ4n) is 1.46. The van der Waals surface area contributed by atoms with Crippen LogP contribution in [0.1, 0.15) is 22.1 Å². The number of allylic oxidation sites excluding steroid dienone is 1. The van der Waals surface area contributed by atoms with Crippen molar-refractivity contribution in [2.24, 2.45) is 0 Å². The highest BCUT2D eigenvalue weighted by atomic mass is 16.3. The Labute approximate surface area is 105 Å². The van der Waals surface area contributed by atoms with E-state index in [0.29, 0.717) is 11.1 Å². The molecule has 0 aliphatic carbocycles. The molecule has 0 atom stereocenters. The second-order valence-electron chi connectivity index (χ2n) is 3.70. The van der Waals surface area contributed by atoms with Crippen LogP contribution in [-0.4, -0.2) is 10.2 Å². The van der Waals surface area contributed by atoms with Gasteiger partial charge in [-0.15, -0.1) is 0 Å². The summed E-state index contributed by atoms with van der Waals surface area (Å²) in [6.45, 7) is -2.27. The molecular formula is C15H14O2. The van der Waals surface area contributed by atoms with Crippen LogP contribution in [-0.2, 0) is 0 Å². The van der Waals surface area contributed by atoms with Crippen LogP contribution in [0, 0.1) is 0 Å². The predicted octanol–water partition coefficient (Wildman–Crippen LogP) is 3.66. The number of rotatable bonds is 2. The van der Waals surface area contributed by atoms with Gasteiger partial charge in [0, 0.05) is 4.11 Å². The first-order valence-corrected chi connectivity index (χ1v) is 5.17. The summed E-state index contributed by atoms with van der Waals surface area (Å²) < 4.78 is 22.9. The maximum absolute atomic E-state index is 9.27. The summed E-state index contributed by atoms with van der Waals surface area (Å²) in [7, 11) is 0. The number of aromatic hydroxyl groups is 2. The molecule has 0 bridgehead atoms. The van der Waals surface area contributed by atoms with Gasteiger partial charge in [-0.2, -0.15) is 0 Å². The summed E-state index contributed by atoms with van der Waals surface area (Å²) >= 11 is 0. The normalized spacial score (nSPS) is 14.8. The van der Waals surface area contributed by atoms with Gasteiger partial charge in [0.15, 0.2) is 0 Å². The first kappa shape index (κ1) is 7.96. The molecule has 17 heavy (non-hydrogen) atoms. The molecule has 2 aromatic carbocycles. The van der Waals surface area contributed by atoms with E-state index in [1.807, 2.05) is 0 Å². The lowest BCUT2D eigenvalue weighted by atomic mass is 10.0. The summed E-state index contributed by atoms with van der Waals surface area (Å²) in [6.07, 6.45) is 1.55. The van der Waals surface area contributed by atoms with Crippen molar-refractivity contribution in [1.82, 2.24) is 0 Å². The standard InChI is InChI=1S/C15H14O2/c1-11(13-4-8-15(17)9-5-13)10-12-2-6-14(16)7-3-12/h2-10,16-17H,1H3/b11-10+/i1D3. The zero-order valence-corrected chi connectivity index (χ0v) is 9.09. The maximum atomic E-state index is 9.27. The summed E-state index contributed by atoms with van der Waals surface area (Å²) in [5, 5.41) is 18.5. The Bertz CT molecular complexity index is 611. The highest BCUT2D eigenvalue weighted by molar-refractivity contribution is 5.80. The number of phenols is 2. The van der Waals surface area contributed by atoms with Gasteiger partial charge in [0.1, 0.15) is 11.5 Å². The molecule has 2 heteroatoms. The van der Waals surface area contributed by atoms with Gasteiger partial charge < -0.3 is 10.2 Å². The van der Waals surface area contributed by atoms with Crippen molar-refractivity contribution in [3.8, 4) is 11.5 Å². The summed E-state index contributed by atoms with van der Waals surface area (Å²) in [6, 6.07) is 12.3. The minimum atomic E-state index is -2.27. The van der Waals surface area contributed by atoms with Gasteiger partial charge in [-0.05, 0) is 47.8 Å². The monoisotopic (exact) mass is 229 g/mol. The molecule has 0 unspecified atom stereocenters. The molecule has 2 aromatic rings. The molecule has 86 valence electrons. The van der Waals surface area contributed by atoms with Crippen molar-refractivity contribution in [3.05, 3.63) is 59.7 Å². The topological polar surface area (TPSA) is 40.5 Å². The molecule has 0 saturated carbocycles. The molecular weight excluding hydrogens is 212 g/mol. The van der Waals surface area contributed by atoms with Crippen molar-refractivity contribution < 1.29 is 14.3 Å². The third-order valence-corrected chi connectivity index (χ3v) is 2.38. The lowest BCUT2D eigenvalue weighted by Gasteiger charge is -2.02. The first-order valence-electron chi connectivity index (χ1n) is 6.67. The largest absolute Gasteiger partial charge is 0.508 e. The van der Waals surface area contributed by atoms with E-state index >= 15 is 0 Å². The molecule has 0 fully saturated rings. The van der Waals surface area contributed by atoms with Crippen molar-refractivity contribution in [1.29, 1.82) is 0 Å². The number of phenolic OH excluding ortho intramolecular Hbond substituents is 2. The predicted molar refractivity (Wildman–Crippen MR) is 69.8 cm³/mol. The van der Waals surface area contributed by atoms with Gasteiger partial charge in [-0.25, -0.2) is 0 Å². The van der Waals surface area contributed by atoms with E-state index in [1.54, 1.807) is 30.3 Å². The highest BCUT2D eigenvalue weighted by Crippen LogP contribution is 2.20. The zero-order chi connectivity index (χ0) is 14.8. The second-order valence-corrected chi connectivity index (χ2v) is 3.70. The van der Waals surface area contributed by atoms with E-state index in [1.165, 1.54) is 24.3 Å². The molecule has 0 aliphatic rings. The summed E-state index contributed by atoms with van der Waals surface area (Å²) in [5.41, 5.74) is 1.39. The zero-order valence-electron chi connectivity index (χ0n) is 12.1. The molecule has 0 saturated heterocycles. The van der Waals surface area contributed by atoms with Crippen LogP contribution in [0.5, 0.6) is 11.5 Å².